The maximum Gasteiger partial charge on any atom is 0.124 e. The lowest BCUT2D eigenvalue weighted by molar-refractivity contribution is 0.0309. The first-order valence-electron chi connectivity index (χ1n) is 6.66. The average Bonchev–Trinajstić information content (AvgIpc) is 2.42. The van der Waals surface area contributed by atoms with Crippen LogP contribution in [0.4, 0.5) is 0 Å². The van der Waals surface area contributed by atoms with Crippen molar-refractivity contribution in [1.82, 2.24) is 0 Å². The van der Waals surface area contributed by atoms with E-state index in [-0.39, 0.29) is 0 Å². The van der Waals surface area contributed by atoms with Crippen molar-refractivity contribution in [3.63, 3.8) is 0 Å². The third-order valence-electron chi connectivity index (χ3n) is 2.65. The van der Waals surface area contributed by atoms with Gasteiger partial charge in [0.15, 0.2) is 0 Å². The first-order chi connectivity index (χ1) is 9.54. The zero-order valence-corrected chi connectivity index (χ0v) is 13.2. The Morgan fingerprint density at radius 3 is 2.55 bits per heavy atom. The monoisotopic (exact) mass is 297 g/mol. The third-order valence-corrected chi connectivity index (χ3v) is 2.88. The molecule has 0 aliphatic rings. The number of methoxy groups -OCH3 is 1. The first kappa shape index (κ1) is 16.9. The van der Waals surface area contributed by atoms with Crippen molar-refractivity contribution in [2.45, 2.75) is 20.5 Å². The van der Waals surface area contributed by atoms with Gasteiger partial charge in [0, 0.05) is 17.7 Å². The number of ether oxygens (including phenoxy) is 3. The van der Waals surface area contributed by atoms with E-state index in [1.807, 2.05) is 18.2 Å². The van der Waals surface area contributed by atoms with E-state index < -0.39 is 0 Å². The summed E-state index contributed by atoms with van der Waals surface area (Å²) >= 11 is 4.97. The number of rotatable bonds is 9. The highest BCUT2D eigenvalue weighted by Crippen LogP contribution is 2.20. The molecule has 0 spiro atoms. The third kappa shape index (κ3) is 5.86. The van der Waals surface area contributed by atoms with E-state index >= 15 is 0 Å². The largest absolute Gasteiger partial charge is 0.496 e. The highest BCUT2D eigenvalue weighted by atomic mass is 32.1. The van der Waals surface area contributed by atoms with Crippen molar-refractivity contribution in [2.75, 3.05) is 26.9 Å². The van der Waals surface area contributed by atoms with Crippen LogP contribution in [-0.4, -0.2) is 31.9 Å². The van der Waals surface area contributed by atoms with Crippen LogP contribution in [0.1, 0.15) is 25.0 Å². The summed E-state index contributed by atoms with van der Waals surface area (Å²) in [4.78, 5) is 0.370. The van der Waals surface area contributed by atoms with Crippen LogP contribution in [-0.2, 0) is 16.1 Å². The molecule has 112 valence electrons. The summed E-state index contributed by atoms with van der Waals surface area (Å²) in [6, 6.07) is 5.59. The standard InChI is InChI=1S/C15H23NO3S/c1-11(2)9-18-6-7-19-10-13-8-12(15(16)20)4-5-14(13)17-3/h4-5,8,11H,6-7,9-10H2,1-3H3,(H2,16,20). The van der Waals surface area contributed by atoms with Gasteiger partial charge in [0.05, 0.1) is 26.9 Å². The Balaban J connectivity index is 2.45. The van der Waals surface area contributed by atoms with E-state index in [1.165, 1.54) is 0 Å². The van der Waals surface area contributed by atoms with Crippen molar-refractivity contribution in [1.29, 1.82) is 0 Å². The van der Waals surface area contributed by atoms with Gasteiger partial charge in [-0.15, -0.1) is 0 Å². The van der Waals surface area contributed by atoms with E-state index in [0.717, 1.165) is 23.5 Å². The van der Waals surface area contributed by atoms with E-state index in [1.54, 1.807) is 7.11 Å². The smallest absolute Gasteiger partial charge is 0.124 e. The van der Waals surface area contributed by atoms with Crippen molar-refractivity contribution < 1.29 is 14.2 Å². The Kier molecular flexibility index (Phi) is 7.51. The Morgan fingerprint density at radius 1 is 1.25 bits per heavy atom. The summed E-state index contributed by atoms with van der Waals surface area (Å²) in [5.74, 6) is 1.31. The lowest BCUT2D eigenvalue weighted by Gasteiger charge is -2.11. The predicted molar refractivity (Wildman–Crippen MR) is 84.2 cm³/mol. The highest BCUT2D eigenvalue weighted by Gasteiger charge is 2.06. The maximum absolute atomic E-state index is 5.63. The Bertz CT molecular complexity index is 435. The SMILES string of the molecule is COc1ccc(C(N)=S)cc1COCCOCC(C)C. The fourth-order valence-corrected chi connectivity index (χ4v) is 1.79. The van der Waals surface area contributed by atoms with Crippen LogP contribution in [0.15, 0.2) is 18.2 Å². The van der Waals surface area contributed by atoms with E-state index in [9.17, 15) is 0 Å². The molecule has 0 aliphatic carbocycles. The molecule has 4 nitrogen and oxygen atoms in total. The Labute approximate surface area is 126 Å². The van der Waals surface area contributed by atoms with Gasteiger partial charge in [-0.05, 0) is 24.1 Å². The minimum atomic E-state index is 0.370. The maximum atomic E-state index is 5.63. The molecule has 20 heavy (non-hydrogen) atoms. The summed E-state index contributed by atoms with van der Waals surface area (Å²) in [5.41, 5.74) is 7.37. The van der Waals surface area contributed by atoms with Crippen molar-refractivity contribution in [3.05, 3.63) is 29.3 Å². The molecule has 1 aromatic rings. The molecule has 1 rings (SSSR count). The van der Waals surface area contributed by atoms with Crippen LogP contribution in [0.3, 0.4) is 0 Å². The van der Waals surface area contributed by atoms with E-state index in [4.69, 9.17) is 32.2 Å². The molecule has 0 fully saturated rings. The van der Waals surface area contributed by atoms with Crippen molar-refractivity contribution in [2.24, 2.45) is 11.7 Å². The van der Waals surface area contributed by atoms with Gasteiger partial charge in [-0.2, -0.15) is 0 Å². The van der Waals surface area contributed by atoms with Crippen LogP contribution in [0, 0.1) is 5.92 Å². The van der Waals surface area contributed by atoms with Gasteiger partial charge in [0.1, 0.15) is 10.7 Å². The van der Waals surface area contributed by atoms with Gasteiger partial charge < -0.3 is 19.9 Å². The number of benzene rings is 1. The van der Waals surface area contributed by atoms with Crippen LogP contribution < -0.4 is 10.5 Å². The van der Waals surface area contributed by atoms with Crippen molar-refractivity contribution >= 4 is 17.2 Å². The molecule has 0 unspecified atom stereocenters. The van der Waals surface area contributed by atoms with E-state index in [0.29, 0.717) is 30.7 Å². The van der Waals surface area contributed by atoms with Gasteiger partial charge in [-0.3, -0.25) is 0 Å². The molecule has 5 heteroatoms. The normalized spacial score (nSPS) is 10.8. The predicted octanol–water partition coefficient (Wildman–Crippen LogP) is 2.52. The molecule has 0 aliphatic heterocycles. The minimum absolute atomic E-state index is 0.370. The first-order valence-corrected chi connectivity index (χ1v) is 7.07. The quantitative estimate of drug-likeness (QED) is 0.561. The van der Waals surface area contributed by atoms with Crippen molar-refractivity contribution in [3.8, 4) is 5.75 Å². The fraction of sp³-hybridized carbons (Fsp3) is 0.533. The zero-order chi connectivity index (χ0) is 15.0. The number of nitrogens with two attached hydrogens (primary N) is 1. The summed E-state index contributed by atoms with van der Waals surface area (Å²) in [6.07, 6.45) is 0. The molecule has 1 aromatic carbocycles. The Hall–Kier alpha value is -1.17. The minimum Gasteiger partial charge on any atom is -0.496 e. The van der Waals surface area contributed by atoms with Crippen LogP contribution in [0.5, 0.6) is 5.75 Å². The lowest BCUT2D eigenvalue weighted by atomic mass is 10.1. The fourth-order valence-electron chi connectivity index (χ4n) is 1.66. The van der Waals surface area contributed by atoms with Gasteiger partial charge in [0.25, 0.3) is 0 Å². The summed E-state index contributed by atoms with van der Waals surface area (Å²) in [6.45, 7) is 6.58. The molecule has 0 aromatic heterocycles. The molecule has 0 atom stereocenters. The molecule has 0 saturated heterocycles. The van der Waals surface area contributed by atoms with Crippen LogP contribution >= 0.6 is 12.2 Å². The second-order valence-corrected chi connectivity index (χ2v) is 5.35. The molecular formula is C15H23NO3S. The molecule has 0 bridgehead atoms. The molecule has 0 heterocycles. The van der Waals surface area contributed by atoms with E-state index in [2.05, 4.69) is 13.8 Å². The second kappa shape index (κ2) is 8.89. The van der Waals surface area contributed by atoms with Gasteiger partial charge >= 0.3 is 0 Å². The topological polar surface area (TPSA) is 53.7 Å². The molecule has 0 radical (unpaired) electrons. The number of hydrogen-bond acceptors (Lipinski definition) is 4. The van der Waals surface area contributed by atoms with Gasteiger partial charge in [-0.1, -0.05) is 26.1 Å². The average molecular weight is 297 g/mol. The number of hydrogen-bond donors (Lipinski definition) is 1. The number of thiocarbonyl (C=S) groups is 1. The lowest BCUT2D eigenvalue weighted by Crippen LogP contribution is -2.11. The molecule has 2 N–H and O–H groups in total. The zero-order valence-electron chi connectivity index (χ0n) is 12.3. The van der Waals surface area contributed by atoms with Gasteiger partial charge in [-0.25, -0.2) is 0 Å². The van der Waals surface area contributed by atoms with Crippen LogP contribution in [0.2, 0.25) is 0 Å². The van der Waals surface area contributed by atoms with Crippen LogP contribution in [0.25, 0.3) is 0 Å². The molecule has 0 amide bonds. The summed E-state index contributed by atoms with van der Waals surface area (Å²) in [5, 5.41) is 0. The highest BCUT2D eigenvalue weighted by molar-refractivity contribution is 7.80. The molecular weight excluding hydrogens is 274 g/mol. The Morgan fingerprint density at radius 2 is 1.95 bits per heavy atom. The van der Waals surface area contributed by atoms with Gasteiger partial charge in [0.2, 0.25) is 0 Å². The summed E-state index contributed by atoms with van der Waals surface area (Å²) in [7, 11) is 1.63. The molecule has 0 saturated carbocycles. The second-order valence-electron chi connectivity index (χ2n) is 4.91. The summed E-state index contributed by atoms with van der Waals surface area (Å²) < 4.78 is 16.3.